The van der Waals surface area contributed by atoms with Crippen LogP contribution in [0, 0.1) is 6.92 Å². The van der Waals surface area contributed by atoms with E-state index in [2.05, 4.69) is 61.3 Å². The fourth-order valence-electron chi connectivity index (χ4n) is 3.78. The molecule has 0 bridgehead atoms. The number of ether oxygens (including phenoxy) is 1. The first-order valence-electron chi connectivity index (χ1n) is 10.5. The van der Waals surface area contributed by atoms with Gasteiger partial charge in [-0.3, -0.25) is 4.90 Å². The van der Waals surface area contributed by atoms with Crippen molar-refractivity contribution in [3.63, 3.8) is 0 Å². The number of carbonyl (C=O) groups is 1. The van der Waals surface area contributed by atoms with Gasteiger partial charge in [0.15, 0.2) is 0 Å². The quantitative estimate of drug-likeness (QED) is 0.782. The zero-order valence-electron chi connectivity index (χ0n) is 18.1. The Morgan fingerprint density at radius 1 is 1.07 bits per heavy atom. The normalized spacial score (nSPS) is 14.9. The van der Waals surface area contributed by atoms with Crippen molar-refractivity contribution < 1.29 is 9.53 Å². The number of anilines is 1. The predicted molar refractivity (Wildman–Crippen MR) is 119 cm³/mol. The minimum Gasteiger partial charge on any atom is -0.497 e. The molecular weight excluding hydrogens is 362 g/mol. The van der Waals surface area contributed by atoms with Crippen molar-refractivity contribution in [1.82, 2.24) is 9.80 Å². The Bertz CT molecular complexity index is 809. The number of nitrogens with zero attached hydrogens (tertiary/aromatic N) is 2. The molecule has 5 nitrogen and oxygen atoms in total. The fourth-order valence-corrected chi connectivity index (χ4v) is 3.78. The van der Waals surface area contributed by atoms with Crippen LogP contribution in [-0.2, 0) is 6.42 Å². The summed E-state index contributed by atoms with van der Waals surface area (Å²) in [4.78, 5) is 17.2. The van der Waals surface area contributed by atoms with Crippen molar-refractivity contribution in [2.75, 3.05) is 45.2 Å². The van der Waals surface area contributed by atoms with E-state index < -0.39 is 0 Å². The van der Waals surface area contributed by atoms with E-state index in [1.165, 1.54) is 11.1 Å². The number of carbonyl (C=O) groups excluding carboxylic acids is 1. The third kappa shape index (κ3) is 5.51. The van der Waals surface area contributed by atoms with Gasteiger partial charge in [-0.25, -0.2) is 4.79 Å². The van der Waals surface area contributed by atoms with Crippen LogP contribution in [0.25, 0.3) is 0 Å². The largest absolute Gasteiger partial charge is 0.497 e. The zero-order chi connectivity index (χ0) is 20.8. The molecule has 5 heteroatoms. The van der Waals surface area contributed by atoms with Crippen molar-refractivity contribution in [2.45, 2.75) is 33.1 Å². The molecule has 0 aromatic heterocycles. The standard InChI is InChI=1S/C24H33N3O2/c1-18(2)22-7-5-6-19(3)23(22)25-24(28)27-16-14-26(15-17-27)13-12-20-8-10-21(29-4)11-9-20/h5-11,18H,12-17H2,1-4H3,(H,25,28). The molecule has 0 atom stereocenters. The fraction of sp³-hybridized carbons (Fsp3) is 0.458. The zero-order valence-corrected chi connectivity index (χ0v) is 18.1. The average Bonchev–Trinajstić information content (AvgIpc) is 2.74. The van der Waals surface area contributed by atoms with Crippen LogP contribution in [0.4, 0.5) is 10.5 Å². The number of hydrogen-bond acceptors (Lipinski definition) is 3. The maximum absolute atomic E-state index is 12.8. The van der Waals surface area contributed by atoms with Crippen molar-refractivity contribution >= 4 is 11.7 Å². The molecule has 0 unspecified atom stereocenters. The van der Waals surface area contributed by atoms with Crippen molar-refractivity contribution in [3.05, 3.63) is 59.2 Å². The molecule has 2 aromatic carbocycles. The van der Waals surface area contributed by atoms with E-state index in [0.717, 1.165) is 56.1 Å². The van der Waals surface area contributed by atoms with Crippen LogP contribution in [0.1, 0.15) is 36.5 Å². The number of rotatable bonds is 6. The molecule has 2 amide bonds. The van der Waals surface area contributed by atoms with Crippen molar-refractivity contribution in [3.8, 4) is 5.75 Å². The second-order valence-electron chi connectivity index (χ2n) is 8.05. The number of hydrogen-bond donors (Lipinski definition) is 1. The van der Waals surface area contributed by atoms with Gasteiger partial charge in [0.05, 0.1) is 7.11 Å². The molecule has 1 aliphatic heterocycles. The summed E-state index contributed by atoms with van der Waals surface area (Å²) < 4.78 is 5.21. The summed E-state index contributed by atoms with van der Waals surface area (Å²) in [6.45, 7) is 10.7. The molecule has 1 N–H and O–H groups in total. The maximum Gasteiger partial charge on any atom is 0.321 e. The Morgan fingerprint density at radius 2 is 1.76 bits per heavy atom. The summed E-state index contributed by atoms with van der Waals surface area (Å²) in [7, 11) is 1.69. The smallest absolute Gasteiger partial charge is 0.321 e. The summed E-state index contributed by atoms with van der Waals surface area (Å²) in [5.41, 5.74) is 4.58. The van der Waals surface area contributed by atoms with E-state index in [-0.39, 0.29) is 6.03 Å². The van der Waals surface area contributed by atoms with E-state index in [1.54, 1.807) is 7.11 Å². The lowest BCUT2D eigenvalue weighted by molar-refractivity contribution is 0.148. The van der Waals surface area contributed by atoms with Gasteiger partial charge in [-0.15, -0.1) is 0 Å². The summed E-state index contributed by atoms with van der Waals surface area (Å²) in [6, 6.07) is 14.5. The first-order valence-corrected chi connectivity index (χ1v) is 10.5. The highest BCUT2D eigenvalue weighted by Crippen LogP contribution is 2.27. The number of methoxy groups -OCH3 is 1. The number of piperazine rings is 1. The number of urea groups is 1. The second-order valence-corrected chi connectivity index (χ2v) is 8.05. The number of amides is 2. The maximum atomic E-state index is 12.8. The van der Waals surface area contributed by atoms with Crippen LogP contribution in [0.15, 0.2) is 42.5 Å². The van der Waals surface area contributed by atoms with E-state index in [1.807, 2.05) is 17.0 Å². The van der Waals surface area contributed by atoms with Gasteiger partial charge >= 0.3 is 6.03 Å². The Hall–Kier alpha value is -2.53. The van der Waals surface area contributed by atoms with Crippen LogP contribution in [0.3, 0.4) is 0 Å². The highest BCUT2D eigenvalue weighted by atomic mass is 16.5. The molecule has 156 valence electrons. The minimum atomic E-state index is 0.0102. The third-order valence-corrected chi connectivity index (χ3v) is 5.69. The Morgan fingerprint density at radius 3 is 2.38 bits per heavy atom. The Labute approximate surface area is 174 Å². The van der Waals surface area contributed by atoms with Crippen LogP contribution < -0.4 is 10.1 Å². The van der Waals surface area contributed by atoms with Gasteiger partial charge in [-0.1, -0.05) is 44.2 Å². The molecule has 29 heavy (non-hydrogen) atoms. The number of aryl methyl sites for hydroxylation is 1. The summed E-state index contributed by atoms with van der Waals surface area (Å²) >= 11 is 0. The lowest BCUT2D eigenvalue weighted by Crippen LogP contribution is -2.50. The van der Waals surface area contributed by atoms with Crippen LogP contribution in [0.2, 0.25) is 0 Å². The van der Waals surface area contributed by atoms with E-state index in [4.69, 9.17) is 4.74 Å². The monoisotopic (exact) mass is 395 g/mol. The van der Waals surface area contributed by atoms with Gasteiger partial charge in [-0.05, 0) is 48.1 Å². The summed E-state index contributed by atoms with van der Waals surface area (Å²) in [6.07, 6.45) is 1.01. The molecule has 0 aliphatic carbocycles. The minimum absolute atomic E-state index is 0.0102. The van der Waals surface area contributed by atoms with Crippen molar-refractivity contribution in [1.29, 1.82) is 0 Å². The molecule has 1 saturated heterocycles. The highest BCUT2D eigenvalue weighted by molar-refractivity contribution is 5.91. The third-order valence-electron chi connectivity index (χ3n) is 5.69. The Balaban J connectivity index is 1.49. The van der Waals surface area contributed by atoms with Gasteiger partial charge in [0.25, 0.3) is 0 Å². The molecule has 0 spiro atoms. The molecule has 1 aliphatic rings. The van der Waals surface area contributed by atoms with Gasteiger partial charge in [-0.2, -0.15) is 0 Å². The highest BCUT2D eigenvalue weighted by Gasteiger charge is 2.22. The molecule has 2 aromatic rings. The lowest BCUT2D eigenvalue weighted by Gasteiger charge is -2.35. The number of para-hydroxylation sites is 1. The number of nitrogens with one attached hydrogen (secondary N) is 1. The molecule has 1 fully saturated rings. The Kier molecular flexibility index (Phi) is 7.15. The summed E-state index contributed by atoms with van der Waals surface area (Å²) in [5, 5.41) is 3.17. The van der Waals surface area contributed by atoms with Gasteiger partial charge < -0.3 is 15.0 Å². The molecular formula is C24H33N3O2. The van der Waals surface area contributed by atoms with Crippen LogP contribution in [0.5, 0.6) is 5.75 Å². The van der Waals surface area contributed by atoms with E-state index >= 15 is 0 Å². The molecule has 1 heterocycles. The molecule has 0 saturated carbocycles. The molecule has 0 radical (unpaired) electrons. The first kappa shape index (κ1) is 21.2. The van der Waals surface area contributed by atoms with E-state index in [9.17, 15) is 4.79 Å². The first-order chi connectivity index (χ1) is 14.0. The summed E-state index contributed by atoms with van der Waals surface area (Å²) in [5.74, 6) is 1.27. The number of benzene rings is 2. The van der Waals surface area contributed by atoms with Gasteiger partial charge in [0.2, 0.25) is 0 Å². The average molecular weight is 396 g/mol. The second kappa shape index (κ2) is 9.79. The van der Waals surface area contributed by atoms with Crippen molar-refractivity contribution in [2.24, 2.45) is 0 Å². The van der Waals surface area contributed by atoms with Crippen LogP contribution >= 0.6 is 0 Å². The predicted octanol–water partition coefficient (Wildman–Crippen LogP) is 4.52. The molecule has 3 rings (SSSR count). The lowest BCUT2D eigenvalue weighted by atomic mass is 9.98. The van der Waals surface area contributed by atoms with Crippen LogP contribution in [-0.4, -0.2) is 55.7 Å². The van der Waals surface area contributed by atoms with Gasteiger partial charge in [0.1, 0.15) is 5.75 Å². The topological polar surface area (TPSA) is 44.8 Å². The van der Waals surface area contributed by atoms with Gasteiger partial charge in [0, 0.05) is 38.4 Å². The van der Waals surface area contributed by atoms with E-state index in [0.29, 0.717) is 5.92 Å². The SMILES string of the molecule is COc1ccc(CCN2CCN(C(=O)Nc3c(C)cccc3C(C)C)CC2)cc1.